The topological polar surface area (TPSA) is 56.7 Å². The van der Waals surface area contributed by atoms with Gasteiger partial charge in [0.15, 0.2) is 0 Å². The third-order valence-corrected chi connectivity index (χ3v) is 2.12. The molecule has 78 valence electrons. The third kappa shape index (κ3) is 1.87. The van der Waals surface area contributed by atoms with Crippen molar-refractivity contribution in [1.29, 1.82) is 0 Å². The van der Waals surface area contributed by atoms with E-state index in [0.717, 1.165) is 11.3 Å². The predicted octanol–water partition coefficient (Wildman–Crippen LogP) is 1.17. The molecule has 15 heavy (non-hydrogen) atoms. The third-order valence-electron chi connectivity index (χ3n) is 2.12. The van der Waals surface area contributed by atoms with E-state index >= 15 is 0 Å². The molecule has 0 aliphatic carbocycles. The molecular formula is C10H11FN4. The number of benzene rings is 1. The monoisotopic (exact) mass is 206 g/mol. The Labute approximate surface area is 86.5 Å². The van der Waals surface area contributed by atoms with Crippen molar-refractivity contribution in [3.63, 3.8) is 0 Å². The van der Waals surface area contributed by atoms with E-state index in [9.17, 15) is 4.39 Å². The minimum absolute atomic E-state index is 0.262. The summed E-state index contributed by atoms with van der Waals surface area (Å²) in [4.78, 5) is 1.46. The van der Waals surface area contributed by atoms with Crippen LogP contribution in [0.2, 0.25) is 0 Å². The van der Waals surface area contributed by atoms with Crippen LogP contribution in [0.25, 0.3) is 5.69 Å². The molecule has 1 aromatic heterocycles. The SMILES string of the molecule is Cc1cc(F)ccc1-n1ncc(CN)n1. The molecular weight excluding hydrogens is 195 g/mol. The van der Waals surface area contributed by atoms with Crippen LogP contribution in [0, 0.1) is 12.7 Å². The van der Waals surface area contributed by atoms with Gasteiger partial charge in [0.2, 0.25) is 0 Å². The summed E-state index contributed by atoms with van der Waals surface area (Å²) in [5.41, 5.74) is 7.68. The van der Waals surface area contributed by atoms with Gasteiger partial charge in [-0.15, -0.1) is 0 Å². The second-order valence-electron chi connectivity index (χ2n) is 3.26. The summed E-state index contributed by atoms with van der Waals surface area (Å²) in [6, 6.07) is 4.47. The molecule has 0 fully saturated rings. The van der Waals surface area contributed by atoms with Crippen molar-refractivity contribution in [2.24, 2.45) is 5.73 Å². The lowest BCUT2D eigenvalue weighted by Gasteiger charge is -2.03. The average Bonchev–Trinajstić information content (AvgIpc) is 2.66. The Morgan fingerprint density at radius 1 is 1.47 bits per heavy atom. The summed E-state index contributed by atoms with van der Waals surface area (Å²) in [5, 5.41) is 8.20. The van der Waals surface area contributed by atoms with Crippen LogP contribution in [0.4, 0.5) is 4.39 Å². The van der Waals surface area contributed by atoms with Gasteiger partial charge < -0.3 is 5.73 Å². The summed E-state index contributed by atoms with van der Waals surface area (Å²) in [6.07, 6.45) is 1.60. The van der Waals surface area contributed by atoms with Gasteiger partial charge in [0.25, 0.3) is 0 Å². The zero-order valence-corrected chi connectivity index (χ0v) is 8.31. The van der Waals surface area contributed by atoms with Crippen LogP contribution in [0.1, 0.15) is 11.3 Å². The van der Waals surface area contributed by atoms with Crippen LogP contribution in [0.3, 0.4) is 0 Å². The molecule has 0 radical (unpaired) electrons. The molecule has 4 nitrogen and oxygen atoms in total. The molecule has 1 heterocycles. The van der Waals surface area contributed by atoms with Gasteiger partial charge in [-0.05, 0) is 30.7 Å². The first-order valence-electron chi connectivity index (χ1n) is 4.58. The second-order valence-corrected chi connectivity index (χ2v) is 3.26. The highest BCUT2D eigenvalue weighted by molar-refractivity contribution is 5.38. The number of aromatic nitrogens is 3. The zero-order chi connectivity index (χ0) is 10.8. The lowest BCUT2D eigenvalue weighted by atomic mass is 10.2. The number of nitrogens with zero attached hydrogens (tertiary/aromatic N) is 3. The van der Waals surface area contributed by atoms with E-state index in [1.165, 1.54) is 16.9 Å². The molecule has 2 rings (SSSR count). The van der Waals surface area contributed by atoms with Gasteiger partial charge in [0.05, 0.1) is 17.6 Å². The van der Waals surface area contributed by atoms with Crippen molar-refractivity contribution >= 4 is 0 Å². The first-order valence-corrected chi connectivity index (χ1v) is 4.58. The number of halogens is 1. The van der Waals surface area contributed by atoms with Gasteiger partial charge in [-0.25, -0.2) is 4.39 Å². The average molecular weight is 206 g/mol. The highest BCUT2D eigenvalue weighted by Crippen LogP contribution is 2.13. The van der Waals surface area contributed by atoms with Crippen molar-refractivity contribution in [3.8, 4) is 5.69 Å². The van der Waals surface area contributed by atoms with E-state index in [1.807, 2.05) is 6.92 Å². The minimum Gasteiger partial charge on any atom is -0.325 e. The number of hydrogen-bond acceptors (Lipinski definition) is 3. The lowest BCUT2D eigenvalue weighted by molar-refractivity contribution is 0.624. The fraction of sp³-hybridized carbons (Fsp3) is 0.200. The van der Waals surface area contributed by atoms with Crippen LogP contribution in [-0.2, 0) is 6.54 Å². The van der Waals surface area contributed by atoms with E-state index in [2.05, 4.69) is 10.2 Å². The molecule has 0 amide bonds. The maximum Gasteiger partial charge on any atom is 0.123 e. The number of hydrogen-bond donors (Lipinski definition) is 1. The van der Waals surface area contributed by atoms with E-state index in [-0.39, 0.29) is 5.82 Å². The molecule has 0 atom stereocenters. The quantitative estimate of drug-likeness (QED) is 0.802. The first-order chi connectivity index (χ1) is 7.20. The van der Waals surface area contributed by atoms with Crippen LogP contribution >= 0.6 is 0 Å². The Bertz CT molecular complexity index is 478. The molecule has 1 aromatic carbocycles. The van der Waals surface area contributed by atoms with Crippen LogP contribution in [0.15, 0.2) is 24.4 Å². The van der Waals surface area contributed by atoms with E-state index in [4.69, 9.17) is 5.73 Å². The molecule has 5 heteroatoms. The van der Waals surface area contributed by atoms with Gasteiger partial charge in [-0.3, -0.25) is 0 Å². The summed E-state index contributed by atoms with van der Waals surface area (Å²) >= 11 is 0. The van der Waals surface area contributed by atoms with Gasteiger partial charge in [-0.2, -0.15) is 15.0 Å². The van der Waals surface area contributed by atoms with Crippen molar-refractivity contribution in [2.45, 2.75) is 13.5 Å². The van der Waals surface area contributed by atoms with Crippen molar-refractivity contribution in [2.75, 3.05) is 0 Å². The van der Waals surface area contributed by atoms with E-state index in [0.29, 0.717) is 12.2 Å². The fourth-order valence-corrected chi connectivity index (χ4v) is 1.35. The molecule has 0 spiro atoms. The molecule has 2 N–H and O–H groups in total. The number of nitrogens with two attached hydrogens (primary N) is 1. The molecule has 0 bridgehead atoms. The largest absolute Gasteiger partial charge is 0.325 e. The Hall–Kier alpha value is -1.75. The second kappa shape index (κ2) is 3.78. The normalized spacial score (nSPS) is 10.6. The lowest BCUT2D eigenvalue weighted by Crippen LogP contribution is -2.03. The maximum absolute atomic E-state index is 12.9. The molecule has 0 saturated heterocycles. The van der Waals surface area contributed by atoms with Crippen molar-refractivity contribution in [1.82, 2.24) is 15.0 Å². The number of aryl methyl sites for hydroxylation is 1. The predicted molar refractivity (Wildman–Crippen MR) is 53.9 cm³/mol. The van der Waals surface area contributed by atoms with Crippen LogP contribution in [0.5, 0.6) is 0 Å². The minimum atomic E-state index is -0.262. The Morgan fingerprint density at radius 2 is 2.27 bits per heavy atom. The Kier molecular flexibility index (Phi) is 2.47. The van der Waals surface area contributed by atoms with Gasteiger partial charge in [-0.1, -0.05) is 0 Å². The van der Waals surface area contributed by atoms with Crippen LogP contribution < -0.4 is 5.73 Å². The fourth-order valence-electron chi connectivity index (χ4n) is 1.35. The number of rotatable bonds is 2. The molecule has 0 unspecified atom stereocenters. The Balaban J connectivity index is 2.44. The highest BCUT2D eigenvalue weighted by atomic mass is 19.1. The van der Waals surface area contributed by atoms with E-state index in [1.54, 1.807) is 12.3 Å². The van der Waals surface area contributed by atoms with Gasteiger partial charge >= 0.3 is 0 Å². The van der Waals surface area contributed by atoms with Crippen molar-refractivity contribution < 1.29 is 4.39 Å². The van der Waals surface area contributed by atoms with Gasteiger partial charge in [0.1, 0.15) is 5.82 Å². The molecule has 2 aromatic rings. The molecule has 0 aliphatic heterocycles. The highest BCUT2D eigenvalue weighted by Gasteiger charge is 2.05. The smallest absolute Gasteiger partial charge is 0.123 e. The van der Waals surface area contributed by atoms with Gasteiger partial charge in [0, 0.05) is 6.54 Å². The first kappa shape index (κ1) is 9.79. The zero-order valence-electron chi connectivity index (χ0n) is 8.31. The van der Waals surface area contributed by atoms with Crippen LogP contribution in [-0.4, -0.2) is 15.0 Å². The molecule has 0 aliphatic rings. The summed E-state index contributed by atoms with van der Waals surface area (Å²) in [5.74, 6) is -0.262. The van der Waals surface area contributed by atoms with E-state index < -0.39 is 0 Å². The summed E-state index contributed by atoms with van der Waals surface area (Å²) < 4.78 is 12.9. The summed E-state index contributed by atoms with van der Waals surface area (Å²) in [6.45, 7) is 2.16. The van der Waals surface area contributed by atoms with Crippen molar-refractivity contribution in [3.05, 3.63) is 41.5 Å². The Morgan fingerprint density at radius 3 is 2.87 bits per heavy atom. The standard InChI is InChI=1S/C10H11FN4/c1-7-4-8(11)2-3-10(7)15-13-6-9(5-12)14-15/h2-4,6H,5,12H2,1H3. The maximum atomic E-state index is 12.9. The molecule has 0 saturated carbocycles. The summed E-state index contributed by atoms with van der Waals surface area (Å²) in [7, 11) is 0.